The Balaban J connectivity index is 1.93. The van der Waals surface area contributed by atoms with E-state index >= 15 is 0 Å². The maximum atomic E-state index is 12.7. The second-order valence-electron chi connectivity index (χ2n) is 5.44. The van der Waals surface area contributed by atoms with Crippen molar-refractivity contribution in [1.29, 1.82) is 0 Å². The van der Waals surface area contributed by atoms with E-state index in [2.05, 4.69) is 5.32 Å². The van der Waals surface area contributed by atoms with Gasteiger partial charge < -0.3 is 20.2 Å². The molecule has 3 aromatic rings. The van der Waals surface area contributed by atoms with E-state index in [1.165, 1.54) is 6.07 Å². The molecule has 0 radical (unpaired) electrons. The Hall–Kier alpha value is -3.12. The van der Waals surface area contributed by atoms with Crippen LogP contribution in [0.4, 0.5) is 5.69 Å². The fraction of sp³-hybridized carbons (Fsp3) is 0.158. The predicted octanol–water partition coefficient (Wildman–Crippen LogP) is 3.32. The molecule has 6 nitrogen and oxygen atoms in total. The molecule has 128 valence electrons. The number of carbonyl (C=O) groups excluding carboxylic acids is 2. The lowest BCUT2D eigenvalue weighted by Gasteiger charge is -2.06. The molecule has 3 N–H and O–H groups in total. The number of rotatable bonds is 6. The Morgan fingerprint density at radius 3 is 2.72 bits per heavy atom. The van der Waals surface area contributed by atoms with Crippen LogP contribution in [-0.2, 0) is 11.3 Å². The number of amides is 2. The molecule has 3 rings (SSSR count). The average Bonchev–Trinajstić information content (AvgIpc) is 2.99. The molecule has 2 amide bonds. The SMILES string of the molecule is CCOCc1c(C(=O)Nc2cccc(C(N)=O)c2)oc2ccccc12. The lowest BCUT2D eigenvalue weighted by atomic mass is 10.1. The fourth-order valence-electron chi connectivity index (χ4n) is 2.57. The second kappa shape index (κ2) is 7.19. The van der Waals surface area contributed by atoms with Crippen molar-refractivity contribution in [3.8, 4) is 0 Å². The van der Waals surface area contributed by atoms with Crippen molar-refractivity contribution in [2.45, 2.75) is 13.5 Å². The molecule has 0 aliphatic heterocycles. The van der Waals surface area contributed by atoms with Crippen molar-refractivity contribution in [1.82, 2.24) is 0 Å². The van der Waals surface area contributed by atoms with Crippen LogP contribution in [0.15, 0.2) is 52.9 Å². The number of benzene rings is 2. The minimum atomic E-state index is -0.558. The topological polar surface area (TPSA) is 94.6 Å². The third kappa shape index (κ3) is 3.54. The predicted molar refractivity (Wildman–Crippen MR) is 94.5 cm³/mol. The highest BCUT2D eigenvalue weighted by Gasteiger charge is 2.20. The summed E-state index contributed by atoms with van der Waals surface area (Å²) in [5.41, 5.74) is 7.36. The van der Waals surface area contributed by atoms with Crippen molar-refractivity contribution in [2.24, 2.45) is 5.73 Å². The average molecular weight is 338 g/mol. The van der Waals surface area contributed by atoms with Crippen molar-refractivity contribution in [3.05, 3.63) is 65.4 Å². The summed E-state index contributed by atoms with van der Waals surface area (Å²) in [4.78, 5) is 23.9. The normalized spacial score (nSPS) is 10.8. The number of carbonyl (C=O) groups is 2. The summed E-state index contributed by atoms with van der Waals surface area (Å²) in [5, 5.41) is 3.58. The molecule has 0 unspecified atom stereocenters. The number of nitrogens with one attached hydrogen (secondary N) is 1. The summed E-state index contributed by atoms with van der Waals surface area (Å²) in [5.74, 6) is -0.775. The van der Waals surface area contributed by atoms with Crippen LogP contribution in [-0.4, -0.2) is 18.4 Å². The van der Waals surface area contributed by atoms with E-state index in [0.717, 1.165) is 5.39 Å². The zero-order valence-electron chi connectivity index (χ0n) is 13.7. The van der Waals surface area contributed by atoms with E-state index in [-0.39, 0.29) is 12.4 Å². The zero-order valence-corrected chi connectivity index (χ0v) is 13.7. The molecule has 25 heavy (non-hydrogen) atoms. The molecule has 0 atom stereocenters. The molecule has 0 fully saturated rings. The van der Waals surface area contributed by atoms with Crippen LogP contribution >= 0.6 is 0 Å². The van der Waals surface area contributed by atoms with Crippen LogP contribution in [0.1, 0.15) is 33.4 Å². The van der Waals surface area contributed by atoms with E-state index in [4.69, 9.17) is 14.9 Å². The first-order valence-electron chi connectivity index (χ1n) is 7.89. The van der Waals surface area contributed by atoms with Crippen LogP contribution < -0.4 is 11.1 Å². The Morgan fingerprint density at radius 2 is 1.96 bits per heavy atom. The summed E-state index contributed by atoms with van der Waals surface area (Å²) in [7, 11) is 0. The molecule has 0 spiro atoms. The second-order valence-corrected chi connectivity index (χ2v) is 5.44. The molecule has 0 aliphatic rings. The van der Waals surface area contributed by atoms with E-state index in [0.29, 0.717) is 29.0 Å². The molecule has 1 aromatic heterocycles. The van der Waals surface area contributed by atoms with Crippen LogP contribution in [0, 0.1) is 0 Å². The van der Waals surface area contributed by atoms with Gasteiger partial charge in [0.1, 0.15) is 5.58 Å². The Bertz CT molecular complexity index is 930. The summed E-state index contributed by atoms with van der Waals surface area (Å²) in [6.45, 7) is 2.69. The number of furan rings is 1. The van der Waals surface area contributed by atoms with E-state index < -0.39 is 11.8 Å². The number of fused-ring (bicyclic) bond motifs is 1. The summed E-state index contributed by atoms with van der Waals surface area (Å²) in [6, 6.07) is 13.8. The molecule has 0 aliphatic carbocycles. The molecule has 0 saturated heterocycles. The van der Waals surface area contributed by atoms with E-state index in [9.17, 15) is 9.59 Å². The standard InChI is InChI=1S/C19H18N2O4/c1-2-24-11-15-14-8-3-4-9-16(14)25-17(15)19(23)21-13-7-5-6-12(10-13)18(20)22/h3-10H,2,11H2,1H3,(H2,20,22)(H,21,23). The Morgan fingerprint density at radius 1 is 1.16 bits per heavy atom. The van der Waals surface area contributed by atoms with Gasteiger partial charge in [-0.05, 0) is 31.2 Å². The third-order valence-electron chi connectivity index (χ3n) is 3.76. The summed E-state index contributed by atoms with van der Waals surface area (Å²) in [6.07, 6.45) is 0. The number of ether oxygens (including phenoxy) is 1. The number of hydrogen-bond donors (Lipinski definition) is 2. The van der Waals surface area contributed by atoms with Crippen LogP contribution in [0.5, 0.6) is 0 Å². The number of primary amides is 1. The van der Waals surface area contributed by atoms with Crippen LogP contribution in [0.25, 0.3) is 11.0 Å². The van der Waals surface area contributed by atoms with Gasteiger partial charge in [-0.2, -0.15) is 0 Å². The summed E-state index contributed by atoms with van der Waals surface area (Å²) >= 11 is 0. The lowest BCUT2D eigenvalue weighted by molar-refractivity contribution is 0.0980. The number of nitrogens with two attached hydrogens (primary N) is 1. The highest BCUT2D eigenvalue weighted by atomic mass is 16.5. The molecule has 1 heterocycles. The van der Waals surface area contributed by atoms with Gasteiger partial charge in [0.2, 0.25) is 5.91 Å². The van der Waals surface area contributed by atoms with Gasteiger partial charge in [-0.3, -0.25) is 9.59 Å². The molecular formula is C19H18N2O4. The minimum absolute atomic E-state index is 0.194. The molecule has 6 heteroatoms. The van der Waals surface area contributed by atoms with Gasteiger partial charge in [-0.25, -0.2) is 0 Å². The molecular weight excluding hydrogens is 320 g/mol. The van der Waals surface area contributed by atoms with Gasteiger partial charge in [0.05, 0.1) is 6.61 Å². The Labute approximate surface area is 144 Å². The first-order valence-corrected chi connectivity index (χ1v) is 7.89. The third-order valence-corrected chi connectivity index (χ3v) is 3.76. The smallest absolute Gasteiger partial charge is 0.291 e. The van der Waals surface area contributed by atoms with E-state index in [1.54, 1.807) is 24.3 Å². The quantitative estimate of drug-likeness (QED) is 0.721. The van der Waals surface area contributed by atoms with Gasteiger partial charge in [0, 0.05) is 28.8 Å². The van der Waals surface area contributed by atoms with Crippen molar-refractivity contribution < 1.29 is 18.7 Å². The van der Waals surface area contributed by atoms with Crippen LogP contribution in [0.2, 0.25) is 0 Å². The Kier molecular flexibility index (Phi) is 4.81. The van der Waals surface area contributed by atoms with Gasteiger partial charge >= 0.3 is 0 Å². The summed E-state index contributed by atoms with van der Waals surface area (Å²) < 4.78 is 11.2. The van der Waals surface area contributed by atoms with Crippen molar-refractivity contribution in [3.63, 3.8) is 0 Å². The highest BCUT2D eigenvalue weighted by Crippen LogP contribution is 2.27. The number of hydrogen-bond acceptors (Lipinski definition) is 4. The maximum Gasteiger partial charge on any atom is 0.291 e. The maximum absolute atomic E-state index is 12.7. The van der Waals surface area contributed by atoms with Gasteiger partial charge in [-0.1, -0.05) is 24.3 Å². The van der Waals surface area contributed by atoms with Crippen molar-refractivity contribution in [2.75, 3.05) is 11.9 Å². The molecule has 0 saturated carbocycles. The van der Waals surface area contributed by atoms with Gasteiger partial charge in [0.15, 0.2) is 5.76 Å². The number of para-hydroxylation sites is 1. The van der Waals surface area contributed by atoms with Gasteiger partial charge in [-0.15, -0.1) is 0 Å². The first-order chi connectivity index (χ1) is 12.1. The zero-order chi connectivity index (χ0) is 17.8. The fourth-order valence-corrected chi connectivity index (χ4v) is 2.57. The monoisotopic (exact) mass is 338 g/mol. The van der Waals surface area contributed by atoms with E-state index in [1.807, 2.05) is 25.1 Å². The molecule has 0 bridgehead atoms. The highest BCUT2D eigenvalue weighted by molar-refractivity contribution is 6.07. The largest absolute Gasteiger partial charge is 0.451 e. The first kappa shape index (κ1) is 16.7. The molecule has 2 aromatic carbocycles. The van der Waals surface area contributed by atoms with Gasteiger partial charge in [0.25, 0.3) is 5.91 Å². The van der Waals surface area contributed by atoms with Crippen molar-refractivity contribution >= 4 is 28.5 Å². The lowest BCUT2D eigenvalue weighted by Crippen LogP contribution is -2.15. The van der Waals surface area contributed by atoms with Crippen LogP contribution in [0.3, 0.4) is 0 Å². The minimum Gasteiger partial charge on any atom is -0.451 e. The number of anilines is 1.